The summed E-state index contributed by atoms with van der Waals surface area (Å²) in [6.45, 7) is 1.18. The van der Waals surface area contributed by atoms with E-state index in [0.29, 0.717) is 0 Å². The Kier molecular flexibility index (Phi) is 9.85. The molecule has 0 bridgehead atoms. The number of unbranched alkanes of at least 4 members (excludes halogenated alkanes) is 1. The van der Waals surface area contributed by atoms with Crippen LogP contribution in [0.1, 0.15) is 26.2 Å². The Bertz CT molecular complexity index is 853. The predicted octanol–water partition coefficient (Wildman–Crippen LogP) is 6.25. The second kappa shape index (κ2) is 10.4. The van der Waals surface area contributed by atoms with E-state index in [2.05, 4.69) is 4.98 Å². The van der Waals surface area contributed by atoms with Crippen LogP contribution < -0.4 is 0 Å². The fourth-order valence-electron chi connectivity index (χ4n) is 2.02. The number of hydrogen-bond donors (Lipinski definition) is 1. The van der Waals surface area contributed by atoms with Gasteiger partial charge in [-0.05, 0) is 18.6 Å². The Balaban J connectivity index is 0.00000156. The predicted molar refractivity (Wildman–Crippen MR) is 89.9 cm³/mol. The molecule has 0 saturated carbocycles. The molecule has 0 aliphatic heterocycles. The minimum absolute atomic E-state index is 0.173. The summed E-state index contributed by atoms with van der Waals surface area (Å²) in [6, 6.07) is 5.72. The summed E-state index contributed by atoms with van der Waals surface area (Å²) < 4.78 is 200. The largest absolute Gasteiger partial charge is 0.438 e. The van der Waals surface area contributed by atoms with E-state index >= 15 is 0 Å². The van der Waals surface area contributed by atoms with Gasteiger partial charge in [-0.25, -0.2) is 4.39 Å². The average Bonchev–Trinajstić information content (AvgIpc) is 2.72. The van der Waals surface area contributed by atoms with Gasteiger partial charge >= 0.3 is 45.0 Å². The van der Waals surface area contributed by atoms with E-state index in [9.17, 15) is 65.5 Å². The number of halogens is 13. The maximum atomic E-state index is 13.4. The first-order chi connectivity index (χ1) is 15.0. The van der Waals surface area contributed by atoms with E-state index in [4.69, 9.17) is 4.55 Å². The van der Waals surface area contributed by atoms with Crippen LogP contribution in [0, 0.1) is 0 Å². The number of hydrogen-bond acceptors (Lipinski definition) is 3. The molecule has 0 radical (unpaired) electrons. The maximum Gasteiger partial charge on any atom is 0.438 e. The van der Waals surface area contributed by atoms with Crippen molar-refractivity contribution >= 4 is 10.1 Å². The van der Waals surface area contributed by atoms with Crippen molar-refractivity contribution in [3.05, 3.63) is 30.6 Å². The Morgan fingerprint density at radius 3 is 1.47 bits per heavy atom. The lowest BCUT2D eigenvalue weighted by Crippen LogP contribution is -2.72. The van der Waals surface area contributed by atoms with Gasteiger partial charge in [0.25, 0.3) is 0 Å². The van der Waals surface area contributed by atoms with Crippen molar-refractivity contribution in [1.29, 1.82) is 0 Å². The van der Waals surface area contributed by atoms with Crippen LogP contribution in [-0.2, 0) is 10.1 Å². The third-order valence-electron chi connectivity index (χ3n) is 4.06. The Hall–Kier alpha value is -1.85. The SMILES string of the molecule is CCCCC(F)C(F)(F)C(F)(F)C(F)(F)C(F)(F)C(F)(F)C(F)(F)S(=O)(=O)O.c1ccncc1. The molecule has 0 aliphatic carbocycles. The minimum atomic E-state index is -8.20. The smallest absolute Gasteiger partial charge is 0.281 e. The molecule has 1 rings (SSSR count). The number of pyridine rings is 1. The highest BCUT2D eigenvalue weighted by molar-refractivity contribution is 7.87. The second-order valence-corrected chi connectivity index (χ2v) is 8.01. The van der Waals surface area contributed by atoms with Crippen molar-refractivity contribution in [2.75, 3.05) is 0 Å². The highest BCUT2D eigenvalue weighted by atomic mass is 32.2. The van der Waals surface area contributed by atoms with Crippen LogP contribution in [0.2, 0.25) is 0 Å². The highest BCUT2D eigenvalue weighted by Gasteiger charge is 2.92. The Morgan fingerprint density at radius 2 is 1.18 bits per heavy atom. The number of alkyl halides is 13. The van der Waals surface area contributed by atoms with Gasteiger partial charge in [-0.1, -0.05) is 25.8 Å². The summed E-state index contributed by atoms with van der Waals surface area (Å²) in [6.07, 6.45) is -3.22. The van der Waals surface area contributed by atoms with Gasteiger partial charge in [0.05, 0.1) is 0 Å². The van der Waals surface area contributed by atoms with Crippen LogP contribution in [0.15, 0.2) is 30.6 Å². The maximum absolute atomic E-state index is 13.4. The zero-order valence-corrected chi connectivity index (χ0v) is 17.4. The van der Waals surface area contributed by atoms with Crippen LogP contribution in [-0.4, -0.2) is 59.0 Å². The molecule has 0 fully saturated rings. The van der Waals surface area contributed by atoms with Gasteiger partial charge in [-0.15, -0.1) is 0 Å². The van der Waals surface area contributed by atoms with E-state index < -0.39 is 64.0 Å². The molecule has 4 nitrogen and oxygen atoms in total. The van der Waals surface area contributed by atoms with Crippen LogP contribution in [0.4, 0.5) is 57.1 Å². The molecule has 18 heteroatoms. The molecule has 1 atom stereocenters. The van der Waals surface area contributed by atoms with Gasteiger partial charge in [0.1, 0.15) is 0 Å². The van der Waals surface area contributed by atoms with Crippen LogP contribution in [0.3, 0.4) is 0 Å². The molecule has 34 heavy (non-hydrogen) atoms. The zero-order valence-electron chi connectivity index (χ0n) is 16.6. The van der Waals surface area contributed by atoms with E-state index in [0.717, 1.165) is 0 Å². The molecule has 0 aromatic carbocycles. The molecule has 200 valence electrons. The van der Waals surface area contributed by atoms with E-state index in [1.165, 1.54) is 6.92 Å². The monoisotopic (exact) mass is 549 g/mol. The van der Waals surface area contributed by atoms with Crippen molar-refractivity contribution in [2.24, 2.45) is 0 Å². The van der Waals surface area contributed by atoms with Gasteiger partial charge in [0, 0.05) is 12.4 Å². The van der Waals surface area contributed by atoms with Crippen LogP contribution in [0.5, 0.6) is 0 Å². The van der Waals surface area contributed by atoms with Crippen molar-refractivity contribution in [3.8, 4) is 0 Å². The quantitative estimate of drug-likeness (QED) is 0.277. The molecule has 1 heterocycles. The van der Waals surface area contributed by atoms with Gasteiger partial charge in [-0.2, -0.15) is 61.1 Å². The number of nitrogens with zero attached hydrogens (tertiary/aromatic N) is 1. The first-order valence-electron chi connectivity index (χ1n) is 8.71. The first-order valence-corrected chi connectivity index (χ1v) is 10.1. The molecule has 0 saturated heterocycles. The summed E-state index contributed by atoms with van der Waals surface area (Å²) in [5.41, 5.74) is 0. The summed E-state index contributed by atoms with van der Waals surface area (Å²) in [5.74, 6) is -38.8. The summed E-state index contributed by atoms with van der Waals surface area (Å²) >= 11 is 0. The molecule has 1 aromatic rings. The molecule has 1 unspecified atom stereocenters. The van der Waals surface area contributed by atoms with E-state index in [1.54, 1.807) is 12.4 Å². The molecule has 0 spiro atoms. The molecular formula is C16H16F13NO3S. The van der Waals surface area contributed by atoms with Crippen LogP contribution in [0.25, 0.3) is 0 Å². The zero-order chi connectivity index (χ0) is 27.4. The third-order valence-corrected chi connectivity index (χ3v) is 4.97. The third kappa shape index (κ3) is 5.52. The summed E-state index contributed by atoms with van der Waals surface area (Å²) in [4.78, 5) is 3.78. The second-order valence-electron chi connectivity index (χ2n) is 6.55. The molecule has 0 amide bonds. The lowest BCUT2D eigenvalue weighted by Gasteiger charge is -2.41. The topological polar surface area (TPSA) is 67.3 Å². The standard InChI is InChI=1S/C11H11F13O3S.C5H5N/c1-2-3-4-5(12)6(13,14)7(15,16)8(17,18)9(19,20)10(21,22)11(23,24)28(25,26)27;1-2-4-6-5-3-1/h5H,2-4H2,1H3,(H,25,26,27);1-5H. The van der Waals surface area contributed by atoms with E-state index in [-0.39, 0.29) is 6.42 Å². The lowest BCUT2D eigenvalue weighted by atomic mass is 9.91. The minimum Gasteiger partial charge on any atom is -0.281 e. The fourth-order valence-corrected chi connectivity index (χ4v) is 2.47. The molecule has 0 aliphatic rings. The summed E-state index contributed by atoms with van der Waals surface area (Å²) in [5, 5.41) is -7.50. The van der Waals surface area contributed by atoms with Gasteiger partial charge < -0.3 is 0 Å². The first kappa shape index (κ1) is 32.1. The van der Waals surface area contributed by atoms with Crippen molar-refractivity contribution in [2.45, 2.75) is 67.2 Å². The lowest BCUT2D eigenvalue weighted by molar-refractivity contribution is -0.421. The van der Waals surface area contributed by atoms with Gasteiger partial charge in [-0.3, -0.25) is 9.54 Å². The van der Waals surface area contributed by atoms with Gasteiger partial charge in [0.2, 0.25) is 0 Å². The summed E-state index contributed by atoms with van der Waals surface area (Å²) in [7, 11) is -7.62. The fraction of sp³-hybridized carbons (Fsp3) is 0.688. The van der Waals surface area contributed by atoms with Gasteiger partial charge in [0.15, 0.2) is 6.17 Å². The molecular weight excluding hydrogens is 533 g/mol. The van der Waals surface area contributed by atoms with Crippen molar-refractivity contribution < 1.29 is 70.0 Å². The normalized spacial score (nSPS) is 15.4. The average molecular weight is 549 g/mol. The van der Waals surface area contributed by atoms with Crippen LogP contribution >= 0.6 is 0 Å². The number of aromatic nitrogens is 1. The number of rotatable bonds is 10. The van der Waals surface area contributed by atoms with Crippen molar-refractivity contribution in [1.82, 2.24) is 4.98 Å². The van der Waals surface area contributed by atoms with E-state index in [1.807, 2.05) is 18.2 Å². The molecule has 1 aromatic heterocycles. The highest BCUT2D eigenvalue weighted by Crippen LogP contribution is 2.61. The van der Waals surface area contributed by atoms with Crippen molar-refractivity contribution in [3.63, 3.8) is 0 Å². The Labute approximate surface area is 183 Å². The molecule has 1 N–H and O–H groups in total. The Morgan fingerprint density at radius 1 is 0.765 bits per heavy atom.